The average Bonchev–Trinajstić information content (AvgIpc) is 2.64. The summed E-state index contributed by atoms with van der Waals surface area (Å²) in [7, 11) is 0. The summed E-state index contributed by atoms with van der Waals surface area (Å²) in [5.74, 6) is -0.143. The molecular formula is C29H41F3O. The van der Waals surface area contributed by atoms with E-state index in [2.05, 4.69) is 77.5 Å². The minimum absolute atomic E-state index is 0.0549. The maximum absolute atomic E-state index is 13.0. The number of benzene rings is 2. The summed E-state index contributed by atoms with van der Waals surface area (Å²) >= 11 is 0. The highest BCUT2D eigenvalue weighted by Gasteiger charge is 2.33. The first-order valence-electron chi connectivity index (χ1n) is 11.7. The quantitative estimate of drug-likeness (QED) is 0.416. The Kier molecular flexibility index (Phi) is 7.44. The van der Waals surface area contributed by atoms with Gasteiger partial charge in [0.25, 0.3) is 0 Å². The highest BCUT2D eigenvalue weighted by molar-refractivity contribution is 5.41. The lowest BCUT2D eigenvalue weighted by Crippen LogP contribution is -2.26. The fourth-order valence-electron chi connectivity index (χ4n) is 3.95. The fraction of sp³-hybridized carbons (Fsp3) is 0.586. The third-order valence-corrected chi connectivity index (χ3v) is 6.70. The molecule has 0 aliphatic heterocycles. The van der Waals surface area contributed by atoms with Crippen LogP contribution >= 0.6 is 0 Å². The van der Waals surface area contributed by atoms with Crippen LogP contribution in [0.2, 0.25) is 0 Å². The molecule has 0 aliphatic rings. The van der Waals surface area contributed by atoms with Gasteiger partial charge < -0.3 is 4.74 Å². The molecule has 0 atom stereocenters. The molecule has 0 bridgehead atoms. The molecule has 0 fully saturated rings. The lowest BCUT2D eigenvalue weighted by Gasteiger charge is -2.33. The molecule has 184 valence electrons. The molecule has 0 aromatic heterocycles. The molecular weight excluding hydrogens is 421 g/mol. The third kappa shape index (κ3) is 7.52. The summed E-state index contributed by atoms with van der Waals surface area (Å²) in [4.78, 5) is 0. The van der Waals surface area contributed by atoms with Crippen molar-refractivity contribution in [2.45, 2.75) is 110 Å². The first-order valence-corrected chi connectivity index (χ1v) is 11.7. The van der Waals surface area contributed by atoms with Gasteiger partial charge in [0.2, 0.25) is 0 Å². The largest absolute Gasteiger partial charge is 0.573 e. The van der Waals surface area contributed by atoms with Gasteiger partial charge in [0.05, 0.1) is 0 Å². The van der Waals surface area contributed by atoms with Crippen LogP contribution in [0.3, 0.4) is 0 Å². The second-order valence-electron chi connectivity index (χ2n) is 12.6. The van der Waals surface area contributed by atoms with E-state index in [1.165, 1.54) is 17.2 Å². The van der Waals surface area contributed by atoms with E-state index in [1.54, 1.807) is 6.07 Å². The number of hydrogen-bond acceptors (Lipinski definition) is 1. The summed E-state index contributed by atoms with van der Waals surface area (Å²) in [5.41, 5.74) is 3.74. The maximum Gasteiger partial charge on any atom is 0.573 e. The van der Waals surface area contributed by atoms with Crippen LogP contribution in [0.1, 0.15) is 104 Å². The van der Waals surface area contributed by atoms with Crippen LogP contribution in [-0.4, -0.2) is 6.36 Å². The van der Waals surface area contributed by atoms with E-state index in [1.807, 2.05) is 26.8 Å². The van der Waals surface area contributed by atoms with Gasteiger partial charge in [-0.3, -0.25) is 0 Å². The van der Waals surface area contributed by atoms with Gasteiger partial charge in [-0.05, 0) is 68.9 Å². The predicted molar refractivity (Wildman–Crippen MR) is 132 cm³/mol. The Morgan fingerprint density at radius 2 is 0.939 bits per heavy atom. The van der Waals surface area contributed by atoms with E-state index >= 15 is 0 Å². The molecule has 0 spiro atoms. The van der Waals surface area contributed by atoms with Crippen molar-refractivity contribution >= 4 is 0 Å². The van der Waals surface area contributed by atoms with Crippen LogP contribution in [0.25, 0.3) is 0 Å². The minimum Gasteiger partial charge on any atom is -0.406 e. The Bertz CT molecular complexity index is 937. The Hall–Kier alpha value is -1.97. The van der Waals surface area contributed by atoms with Crippen LogP contribution in [-0.2, 0) is 21.7 Å². The van der Waals surface area contributed by atoms with E-state index < -0.39 is 6.36 Å². The van der Waals surface area contributed by atoms with E-state index in [9.17, 15) is 13.2 Å². The van der Waals surface area contributed by atoms with Gasteiger partial charge in [-0.25, -0.2) is 0 Å². The first-order chi connectivity index (χ1) is 14.7. The Morgan fingerprint density at radius 1 is 0.545 bits per heavy atom. The summed E-state index contributed by atoms with van der Waals surface area (Å²) in [6, 6.07) is 13.9. The zero-order chi connectivity index (χ0) is 25.5. The van der Waals surface area contributed by atoms with Crippen molar-refractivity contribution in [3.05, 3.63) is 64.7 Å². The number of halogens is 3. The molecule has 0 aliphatic carbocycles. The van der Waals surface area contributed by atoms with Gasteiger partial charge in [-0.1, -0.05) is 99.6 Å². The number of rotatable bonds is 6. The molecule has 0 unspecified atom stereocenters. The molecule has 0 saturated heterocycles. The number of alkyl halides is 3. The maximum atomic E-state index is 13.0. The zero-order valence-electron chi connectivity index (χ0n) is 22.0. The number of hydrogen-bond donors (Lipinski definition) is 0. The van der Waals surface area contributed by atoms with Gasteiger partial charge in [-0.2, -0.15) is 0 Å². The highest BCUT2D eigenvalue weighted by atomic mass is 19.4. The monoisotopic (exact) mass is 462 g/mol. The molecule has 2 aromatic rings. The van der Waals surface area contributed by atoms with Crippen molar-refractivity contribution in [1.29, 1.82) is 0 Å². The third-order valence-electron chi connectivity index (χ3n) is 6.70. The van der Waals surface area contributed by atoms with Crippen LogP contribution < -0.4 is 4.74 Å². The van der Waals surface area contributed by atoms with Crippen molar-refractivity contribution in [1.82, 2.24) is 0 Å². The zero-order valence-corrected chi connectivity index (χ0v) is 22.0. The van der Waals surface area contributed by atoms with Crippen LogP contribution in [0, 0.1) is 0 Å². The summed E-state index contributed by atoms with van der Waals surface area (Å²) in [6.07, 6.45) is -2.97. The van der Waals surface area contributed by atoms with Crippen molar-refractivity contribution in [2.24, 2.45) is 0 Å². The SMILES string of the molecule is CC(C)(C)c1ccc(C(C)(C)CCC(C)(C)c2cc(OC(F)(F)F)cc(C(C)(C)C)c2)cc1. The second-order valence-corrected chi connectivity index (χ2v) is 12.6. The van der Waals surface area contributed by atoms with E-state index in [0.717, 1.165) is 24.0 Å². The summed E-state index contributed by atoms with van der Waals surface area (Å²) in [5, 5.41) is 0. The highest BCUT2D eigenvalue weighted by Crippen LogP contribution is 2.40. The van der Waals surface area contributed by atoms with Crippen molar-refractivity contribution in [3.63, 3.8) is 0 Å². The van der Waals surface area contributed by atoms with Crippen LogP contribution in [0.15, 0.2) is 42.5 Å². The standard InChI is InChI=1S/C29H41F3O/c1-25(2,3)20-11-13-21(14-12-20)27(7,8)15-16-28(9,10)23-17-22(26(4,5)6)18-24(19-23)33-29(30,31)32/h11-14,17-19H,15-16H2,1-10H3. The first kappa shape index (κ1) is 27.3. The predicted octanol–water partition coefficient (Wildman–Crippen LogP) is 9.22. The van der Waals surface area contributed by atoms with Crippen molar-refractivity contribution < 1.29 is 17.9 Å². The smallest absolute Gasteiger partial charge is 0.406 e. The minimum atomic E-state index is -4.71. The molecule has 1 nitrogen and oxygen atoms in total. The molecule has 0 heterocycles. The Labute approximate surface area is 198 Å². The second kappa shape index (κ2) is 9.00. The molecule has 0 N–H and O–H groups in total. The summed E-state index contributed by atoms with van der Waals surface area (Å²) < 4.78 is 43.2. The van der Waals surface area contributed by atoms with Gasteiger partial charge in [-0.15, -0.1) is 13.2 Å². The lowest BCUT2D eigenvalue weighted by molar-refractivity contribution is -0.274. The molecule has 2 rings (SSSR count). The van der Waals surface area contributed by atoms with Gasteiger partial charge in [0.15, 0.2) is 0 Å². The van der Waals surface area contributed by atoms with Crippen molar-refractivity contribution in [2.75, 3.05) is 0 Å². The molecule has 0 amide bonds. The Balaban J connectivity index is 2.31. The topological polar surface area (TPSA) is 9.23 Å². The van der Waals surface area contributed by atoms with Crippen molar-refractivity contribution in [3.8, 4) is 5.75 Å². The molecule has 2 aromatic carbocycles. The van der Waals surface area contributed by atoms with Gasteiger partial charge >= 0.3 is 6.36 Å². The van der Waals surface area contributed by atoms with Gasteiger partial charge in [0, 0.05) is 0 Å². The van der Waals surface area contributed by atoms with Crippen LogP contribution in [0.5, 0.6) is 5.75 Å². The summed E-state index contributed by atoms with van der Waals surface area (Å²) in [6.45, 7) is 21.3. The molecule has 4 heteroatoms. The molecule has 33 heavy (non-hydrogen) atoms. The Morgan fingerprint density at radius 3 is 1.36 bits per heavy atom. The average molecular weight is 463 g/mol. The lowest BCUT2D eigenvalue weighted by atomic mass is 9.71. The molecule has 0 radical (unpaired) electrons. The van der Waals surface area contributed by atoms with E-state index in [-0.39, 0.29) is 27.4 Å². The van der Waals surface area contributed by atoms with Gasteiger partial charge in [0.1, 0.15) is 5.75 Å². The van der Waals surface area contributed by atoms with Crippen LogP contribution in [0.4, 0.5) is 13.2 Å². The number of ether oxygens (including phenoxy) is 1. The fourth-order valence-corrected chi connectivity index (χ4v) is 3.95. The molecule has 0 saturated carbocycles. The van der Waals surface area contributed by atoms with E-state index in [4.69, 9.17) is 0 Å². The van der Waals surface area contributed by atoms with E-state index in [0.29, 0.717) is 0 Å². The normalized spacial score (nSPS) is 13.8.